The summed E-state index contributed by atoms with van der Waals surface area (Å²) in [7, 11) is -3.69. The van der Waals surface area contributed by atoms with Gasteiger partial charge in [0.1, 0.15) is 4.90 Å². The van der Waals surface area contributed by atoms with Gasteiger partial charge in [-0.3, -0.25) is 4.72 Å². The van der Waals surface area contributed by atoms with Gasteiger partial charge in [-0.1, -0.05) is 24.9 Å². The molecule has 22 heavy (non-hydrogen) atoms. The fraction of sp³-hybridized carbons (Fsp3) is 0.214. The molecule has 2 aromatic heterocycles. The molecule has 0 saturated heterocycles. The summed E-state index contributed by atoms with van der Waals surface area (Å²) in [5.41, 5.74) is 0.679. The summed E-state index contributed by atoms with van der Waals surface area (Å²) in [5.74, 6) is 0. The van der Waals surface area contributed by atoms with Crippen LogP contribution in [0, 0.1) is 0 Å². The van der Waals surface area contributed by atoms with E-state index < -0.39 is 10.0 Å². The molecule has 2 N–H and O–H groups in total. The number of fused-ring (bicyclic) bond motifs is 1. The molecule has 0 fully saturated rings. The number of hydrogen-bond donors (Lipinski definition) is 2. The van der Waals surface area contributed by atoms with Crippen molar-refractivity contribution in [3.05, 3.63) is 40.5 Å². The average molecular weight is 356 g/mol. The topological polar surface area (TPSA) is 74.8 Å². The smallest absolute Gasteiger partial charge is 0.265 e. The number of thiazole rings is 1. The van der Waals surface area contributed by atoms with Crippen LogP contribution in [0.2, 0.25) is 5.02 Å². The van der Waals surface area contributed by atoms with Gasteiger partial charge in [-0.2, -0.15) is 0 Å². The van der Waals surface area contributed by atoms with Crippen LogP contribution in [0.1, 0.15) is 18.2 Å². The zero-order valence-corrected chi connectivity index (χ0v) is 14.1. The van der Waals surface area contributed by atoms with Gasteiger partial charge in [0.2, 0.25) is 0 Å². The number of sulfonamides is 1. The summed E-state index contributed by atoms with van der Waals surface area (Å²) in [4.78, 5) is 8.29. The summed E-state index contributed by atoms with van der Waals surface area (Å²) in [5, 5.41) is 1.53. The number of halogens is 1. The second-order valence-corrected chi connectivity index (χ2v) is 8.03. The largest absolute Gasteiger partial charge is 0.360 e. The molecule has 8 heteroatoms. The van der Waals surface area contributed by atoms with E-state index >= 15 is 0 Å². The number of aromatic nitrogens is 2. The summed E-state index contributed by atoms with van der Waals surface area (Å²) < 4.78 is 27.6. The lowest BCUT2D eigenvalue weighted by molar-refractivity contribution is 0.602. The summed E-state index contributed by atoms with van der Waals surface area (Å²) in [6.07, 6.45) is 5.06. The fourth-order valence-corrected chi connectivity index (χ4v) is 4.69. The van der Waals surface area contributed by atoms with Crippen LogP contribution < -0.4 is 4.72 Å². The Labute approximate surface area is 137 Å². The lowest BCUT2D eigenvalue weighted by Gasteiger charge is -2.03. The maximum atomic E-state index is 12.5. The molecule has 116 valence electrons. The van der Waals surface area contributed by atoms with Crippen molar-refractivity contribution >= 4 is 49.0 Å². The first-order valence-corrected chi connectivity index (χ1v) is 9.41. The number of rotatable bonds is 5. The predicted molar refractivity (Wildman–Crippen MR) is 90.2 cm³/mol. The van der Waals surface area contributed by atoms with E-state index in [2.05, 4.69) is 21.6 Å². The fourth-order valence-electron chi connectivity index (χ4n) is 2.18. The van der Waals surface area contributed by atoms with Crippen LogP contribution in [0.15, 0.2) is 35.5 Å². The predicted octanol–water partition coefficient (Wildman–Crippen LogP) is 4.03. The van der Waals surface area contributed by atoms with E-state index in [-0.39, 0.29) is 4.90 Å². The molecule has 0 amide bonds. The van der Waals surface area contributed by atoms with Gasteiger partial charge in [0.15, 0.2) is 5.13 Å². The van der Waals surface area contributed by atoms with Gasteiger partial charge < -0.3 is 4.98 Å². The molecular formula is C14H14ClN3O2S2. The van der Waals surface area contributed by atoms with Crippen molar-refractivity contribution in [3.63, 3.8) is 0 Å². The molecule has 3 rings (SSSR count). The Balaban J connectivity index is 1.93. The first-order chi connectivity index (χ1) is 10.5. The Kier molecular flexibility index (Phi) is 4.12. The third-order valence-electron chi connectivity index (χ3n) is 3.17. The standard InChI is InChI=1S/C14H14ClN3O2S2/c1-2-3-10-7-17-14(21-10)18-22(19,20)13-8-16-12-6-9(15)4-5-11(12)13/h4-8,16H,2-3H2,1H3,(H,17,18). The summed E-state index contributed by atoms with van der Waals surface area (Å²) in [6, 6.07) is 5.05. The monoisotopic (exact) mass is 355 g/mol. The highest BCUT2D eigenvalue weighted by atomic mass is 35.5. The van der Waals surface area contributed by atoms with Gasteiger partial charge in [-0.15, -0.1) is 11.3 Å². The molecule has 0 unspecified atom stereocenters. The van der Waals surface area contributed by atoms with E-state index in [0.717, 1.165) is 17.7 Å². The Morgan fingerprint density at radius 1 is 1.41 bits per heavy atom. The number of anilines is 1. The van der Waals surface area contributed by atoms with Crippen LogP contribution in [-0.2, 0) is 16.4 Å². The highest BCUT2D eigenvalue weighted by Crippen LogP contribution is 2.28. The van der Waals surface area contributed by atoms with Gasteiger partial charge in [0.05, 0.1) is 0 Å². The molecule has 0 radical (unpaired) electrons. The maximum absolute atomic E-state index is 12.5. The molecule has 5 nitrogen and oxygen atoms in total. The SMILES string of the molecule is CCCc1cnc(NS(=O)(=O)c2c[nH]c3cc(Cl)ccc23)s1. The van der Waals surface area contributed by atoms with Crippen molar-refractivity contribution in [2.45, 2.75) is 24.7 Å². The molecule has 0 saturated carbocycles. The zero-order valence-electron chi connectivity index (χ0n) is 11.8. The minimum atomic E-state index is -3.69. The maximum Gasteiger partial charge on any atom is 0.265 e. The third kappa shape index (κ3) is 2.97. The van der Waals surface area contributed by atoms with Crippen LogP contribution in [-0.4, -0.2) is 18.4 Å². The first kappa shape index (κ1) is 15.3. The summed E-state index contributed by atoms with van der Waals surface area (Å²) >= 11 is 7.27. The number of nitrogens with zero attached hydrogens (tertiary/aromatic N) is 1. The van der Waals surface area contributed by atoms with Crippen molar-refractivity contribution in [2.75, 3.05) is 4.72 Å². The highest BCUT2D eigenvalue weighted by Gasteiger charge is 2.20. The Morgan fingerprint density at radius 3 is 3.00 bits per heavy atom. The molecule has 0 bridgehead atoms. The molecule has 0 aliphatic carbocycles. The number of nitrogens with one attached hydrogen (secondary N) is 2. The molecule has 3 aromatic rings. The Hall–Kier alpha value is -1.57. The second-order valence-electron chi connectivity index (χ2n) is 4.83. The number of hydrogen-bond acceptors (Lipinski definition) is 4. The normalized spacial score (nSPS) is 11.9. The Morgan fingerprint density at radius 2 is 2.23 bits per heavy atom. The van der Waals surface area contributed by atoms with Crippen LogP contribution in [0.3, 0.4) is 0 Å². The van der Waals surface area contributed by atoms with Gasteiger partial charge in [0.25, 0.3) is 10.0 Å². The molecule has 0 atom stereocenters. The van der Waals surface area contributed by atoms with Gasteiger partial charge in [-0.05, 0) is 24.6 Å². The molecule has 0 aliphatic heterocycles. The van der Waals surface area contributed by atoms with E-state index in [9.17, 15) is 8.42 Å². The van der Waals surface area contributed by atoms with E-state index in [1.54, 1.807) is 24.4 Å². The van der Waals surface area contributed by atoms with Crippen molar-refractivity contribution in [2.24, 2.45) is 0 Å². The average Bonchev–Trinajstić information content (AvgIpc) is 3.05. The van der Waals surface area contributed by atoms with E-state index in [1.165, 1.54) is 17.5 Å². The number of H-pyrrole nitrogens is 1. The van der Waals surface area contributed by atoms with Crippen molar-refractivity contribution in [3.8, 4) is 0 Å². The van der Waals surface area contributed by atoms with E-state index in [1.807, 2.05) is 0 Å². The summed E-state index contributed by atoms with van der Waals surface area (Å²) in [6.45, 7) is 2.07. The Bertz CT molecular complexity index is 915. The quantitative estimate of drug-likeness (QED) is 0.725. The molecule has 2 heterocycles. The van der Waals surface area contributed by atoms with Crippen LogP contribution >= 0.6 is 22.9 Å². The molecular weight excluding hydrogens is 342 g/mol. The van der Waals surface area contributed by atoms with Gasteiger partial charge >= 0.3 is 0 Å². The van der Waals surface area contributed by atoms with Gasteiger partial charge in [-0.25, -0.2) is 13.4 Å². The zero-order chi connectivity index (χ0) is 15.7. The minimum Gasteiger partial charge on any atom is -0.360 e. The van der Waals surface area contributed by atoms with Gasteiger partial charge in [0, 0.05) is 33.2 Å². The van der Waals surface area contributed by atoms with Crippen LogP contribution in [0.25, 0.3) is 10.9 Å². The lowest BCUT2D eigenvalue weighted by Crippen LogP contribution is -2.12. The molecule has 1 aromatic carbocycles. The third-order valence-corrected chi connectivity index (χ3v) is 5.88. The van der Waals surface area contributed by atoms with Crippen molar-refractivity contribution in [1.82, 2.24) is 9.97 Å². The van der Waals surface area contributed by atoms with E-state index in [4.69, 9.17) is 11.6 Å². The number of aromatic amines is 1. The lowest BCUT2D eigenvalue weighted by atomic mass is 10.2. The van der Waals surface area contributed by atoms with Crippen LogP contribution in [0.5, 0.6) is 0 Å². The highest BCUT2D eigenvalue weighted by molar-refractivity contribution is 7.93. The van der Waals surface area contributed by atoms with Crippen LogP contribution in [0.4, 0.5) is 5.13 Å². The second kappa shape index (κ2) is 5.91. The van der Waals surface area contributed by atoms with Crippen molar-refractivity contribution < 1.29 is 8.42 Å². The molecule has 0 spiro atoms. The number of benzene rings is 1. The first-order valence-electron chi connectivity index (χ1n) is 6.74. The number of aryl methyl sites for hydroxylation is 1. The van der Waals surface area contributed by atoms with E-state index in [0.29, 0.717) is 21.1 Å². The molecule has 0 aliphatic rings. The van der Waals surface area contributed by atoms with Crippen molar-refractivity contribution in [1.29, 1.82) is 0 Å². The minimum absolute atomic E-state index is 0.186.